The first-order valence-corrected chi connectivity index (χ1v) is 6.18. The number of rotatable bonds is 3. The average Bonchev–Trinajstić information content (AvgIpc) is 2.71. The number of nitrogen functional groups attached to an aromatic ring is 1. The number of aryl methyl sites for hydroxylation is 2. The van der Waals surface area contributed by atoms with E-state index in [1.165, 1.54) is 12.1 Å². The van der Waals surface area contributed by atoms with Gasteiger partial charge in [-0.05, 0) is 39.0 Å². The molecule has 0 saturated heterocycles. The van der Waals surface area contributed by atoms with Gasteiger partial charge in [0.2, 0.25) is 0 Å². The molecular formula is C14H16FN3O2. The molecule has 0 aliphatic heterocycles. The van der Waals surface area contributed by atoms with Gasteiger partial charge < -0.3 is 15.6 Å². The number of aromatic nitrogens is 1. The molecule has 1 unspecified atom stereocenters. The van der Waals surface area contributed by atoms with Crippen LogP contribution in [0.1, 0.15) is 40.3 Å². The van der Waals surface area contributed by atoms with Crippen molar-refractivity contribution in [2.24, 2.45) is 0 Å². The van der Waals surface area contributed by atoms with Crippen molar-refractivity contribution in [3.8, 4) is 0 Å². The summed E-state index contributed by atoms with van der Waals surface area (Å²) in [5, 5.41) is 6.60. The van der Waals surface area contributed by atoms with Gasteiger partial charge in [0.25, 0.3) is 5.91 Å². The summed E-state index contributed by atoms with van der Waals surface area (Å²) in [4.78, 5) is 12.1. The van der Waals surface area contributed by atoms with E-state index in [9.17, 15) is 9.18 Å². The van der Waals surface area contributed by atoms with Gasteiger partial charge in [0.1, 0.15) is 11.6 Å². The molecule has 3 N–H and O–H groups in total. The number of carbonyl (C=O) groups excluding carboxylic acids is 1. The fourth-order valence-corrected chi connectivity index (χ4v) is 2.18. The minimum absolute atomic E-state index is 0.114. The SMILES string of the molecule is Cc1noc(C)c1C(C)NC(=O)c1cc(F)ccc1N. The van der Waals surface area contributed by atoms with Gasteiger partial charge in [-0.2, -0.15) is 0 Å². The lowest BCUT2D eigenvalue weighted by Crippen LogP contribution is -2.28. The summed E-state index contributed by atoms with van der Waals surface area (Å²) in [6.07, 6.45) is 0. The van der Waals surface area contributed by atoms with Crippen molar-refractivity contribution in [2.75, 3.05) is 5.73 Å². The summed E-state index contributed by atoms with van der Waals surface area (Å²) < 4.78 is 18.2. The molecule has 1 heterocycles. The first-order valence-electron chi connectivity index (χ1n) is 6.18. The number of benzene rings is 1. The van der Waals surface area contributed by atoms with E-state index in [1.54, 1.807) is 20.8 Å². The smallest absolute Gasteiger partial charge is 0.253 e. The normalized spacial score (nSPS) is 12.2. The van der Waals surface area contributed by atoms with Crippen LogP contribution in [0, 0.1) is 19.7 Å². The van der Waals surface area contributed by atoms with Gasteiger partial charge >= 0.3 is 0 Å². The van der Waals surface area contributed by atoms with E-state index in [0.717, 1.165) is 11.6 Å². The molecule has 0 saturated carbocycles. The molecule has 1 aromatic heterocycles. The zero-order valence-electron chi connectivity index (χ0n) is 11.5. The maximum absolute atomic E-state index is 13.2. The summed E-state index contributed by atoms with van der Waals surface area (Å²) in [7, 11) is 0. The summed E-state index contributed by atoms with van der Waals surface area (Å²) in [5.41, 5.74) is 7.56. The van der Waals surface area contributed by atoms with Crippen molar-refractivity contribution in [1.29, 1.82) is 0 Å². The topological polar surface area (TPSA) is 81.2 Å². The lowest BCUT2D eigenvalue weighted by atomic mass is 10.1. The number of carbonyl (C=O) groups is 1. The third kappa shape index (κ3) is 2.64. The second-order valence-electron chi connectivity index (χ2n) is 4.66. The second kappa shape index (κ2) is 5.32. The number of hydrogen-bond acceptors (Lipinski definition) is 4. The lowest BCUT2D eigenvalue weighted by Gasteiger charge is -2.14. The van der Waals surface area contributed by atoms with Crippen LogP contribution in [0.4, 0.5) is 10.1 Å². The summed E-state index contributed by atoms with van der Waals surface area (Å²) in [6.45, 7) is 5.37. The highest BCUT2D eigenvalue weighted by Crippen LogP contribution is 2.22. The molecule has 2 rings (SSSR count). The Morgan fingerprint density at radius 3 is 2.75 bits per heavy atom. The van der Waals surface area contributed by atoms with Gasteiger partial charge in [0.15, 0.2) is 0 Å². The maximum atomic E-state index is 13.2. The predicted octanol–water partition coefficient (Wildman–Crippen LogP) is 2.50. The third-order valence-corrected chi connectivity index (χ3v) is 3.13. The minimum Gasteiger partial charge on any atom is -0.398 e. The van der Waals surface area contributed by atoms with Gasteiger partial charge in [-0.3, -0.25) is 4.79 Å². The van der Waals surface area contributed by atoms with E-state index in [4.69, 9.17) is 10.3 Å². The fourth-order valence-electron chi connectivity index (χ4n) is 2.18. The van der Waals surface area contributed by atoms with Crippen molar-refractivity contribution >= 4 is 11.6 Å². The molecule has 6 heteroatoms. The highest BCUT2D eigenvalue weighted by atomic mass is 19.1. The van der Waals surface area contributed by atoms with Gasteiger partial charge in [-0.15, -0.1) is 0 Å². The Morgan fingerprint density at radius 1 is 1.45 bits per heavy atom. The molecule has 1 atom stereocenters. The highest BCUT2D eigenvalue weighted by molar-refractivity contribution is 5.99. The van der Waals surface area contributed by atoms with E-state index >= 15 is 0 Å². The van der Waals surface area contributed by atoms with E-state index in [0.29, 0.717) is 11.5 Å². The molecule has 1 amide bonds. The van der Waals surface area contributed by atoms with Crippen LogP contribution in [0.25, 0.3) is 0 Å². The van der Waals surface area contributed by atoms with Crippen molar-refractivity contribution in [2.45, 2.75) is 26.8 Å². The predicted molar refractivity (Wildman–Crippen MR) is 72.7 cm³/mol. The zero-order valence-corrected chi connectivity index (χ0v) is 11.5. The van der Waals surface area contributed by atoms with E-state index in [1.807, 2.05) is 0 Å². The largest absolute Gasteiger partial charge is 0.398 e. The monoisotopic (exact) mass is 277 g/mol. The summed E-state index contributed by atoms with van der Waals surface area (Å²) in [6, 6.07) is 3.38. The Balaban J connectivity index is 2.22. The summed E-state index contributed by atoms with van der Waals surface area (Å²) >= 11 is 0. The van der Waals surface area contributed by atoms with Crippen molar-refractivity contribution in [1.82, 2.24) is 10.5 Å². The lowest BCUT2D eigenvalue weighted by molar-refractivity contribution is 0.0940. The maximum Gasteiger partial charge on any atom is 0.253 e. The Bertz CT molecular complexity index is 632. The van der Waals surface area contributed by atoms with Crippen molar-refractivity contribution in [3.05, 3.63) is 46.6 Å². The molecule has 0 aliphatic rings. The number of hydrogen-bond donors (Lipinski definition) is 2. The molecular weight excluding hydrogens is 261 g/mol. The quantitative estimate of drug-likeness (QED) is 0.845. The number of nitrogens with zero attached hydrogens (tertiary/aromatic N) is 1. The van der Waals surface area contributed by atoms with Gasteiger partial charge in [0, 0.05) is 11.3 Å². The zero-order chi connectivity index (χ0) is 14.9. The number of amides is 1. The van der Waals surface area contributed by atoms with Crippen molar-refractivity contribution in [3.63, 3.8) is 0 Å². The molecule has 20 heavy (non-hydrogen) atoms. The van der Waals surface area contributed by atoms with Crippen LogP contribution in [-0.4, -0.2) is 11.1 Å². The van der Waals surface area contributed by atoms with Gasteiger partial charge in [0.05, 0.1) is 17.3 Å². The number of nitrogens with two attached hydrogens (primary N) is 1. The van der Waals surface area contributed by atoms with Crippen LogP contribution in [0.3, 0.4) is 0 Å². The van der Waals surface area contributed by atoms with E-state index in [2.05, 4.69) is 10.5 Å². The molecule has 106 valence electrons. The average molecular weight is 277 g/mol. The highest BCUT2D eigenvalue weighted by Gasteiger charge is 2.20. The summed E-state index contributed by atoms with van der Waals surface area (Å²) in [5.74, 6) is -0.300. The second-order valence-corrected chi connectivity index (χ2v) is 4.66. The molecule has 0 aliphatic carbocycles. The molecule has 1 aromatic carbocycles. The van der Waals surface area contributed by atoms with Crippen LogP contribution in [0.2, 0.25) is 0 Å². The molecule has 0 radical (unpaired) electrons. The standard InChI is InChI=1S/C14H16FN3O2/c1-7(13-8(2)18-20-9(13)3)17-14(19)11-6-10(15)4-5-12(11)16/h4-7H,16H2,1-3H3,(H,17,19). The van der Waals surface area contributed by atoms with Crippen molar-refractivity contribution < 1.29 is 13.7 Å². The first-order chi connectivity index (χ1) is 9.40. The molecule has 0 fully saturated rings. The van der Waals surface area contributed by atoms with Gasteiger partial charge in [-0.1, -0.05) is 5.16 Å². The van der Waals surface area contributed by atoms with Gasteiger partial charge in [-0.25, -0.2) is 4.39 Å². The molecule has 2 aromatic rings. The fraction of sp³-hybridized carbons (Fsp3) is 0.286. The number of halogens is 1. The Hall–Kier alpha value is -2.37. The first kappa shape index (κ1) is 14.0. The van der Waals surface area contributed by atoms with Crippen LogP contribution >= 0.6 is 0 Å². The van der Waals surface area contributed by atoms with Crippen LogP contribution in [0.5, 0.6) is 0 Å². The molecule has 0 spiro atoms. The van der Waals surface area contributed by atoms with Crippen LogP contribution in [-0.2, 0) is 0 Å². The third-order valence-electron chi connectivity index (χ3n) is 3.13. The number of anilines is 1. The Labute approximate surface area is 115 Å². The Kier molecular flexibility index (Phi) is 3.74. The van der Waals surface area contributed by atoms with Crippen LogP contribution in [0.15, 0.2) is 22.7 Å². The molecule has 0 bridgehead atoms. The van der Waals surface area contributed by atoms with Crippen LogP contribution < -0.4 is 11.1 Å². The van der Waals surface area contributed by atoms with E-state index in [-0.39, 0.29) is 17.3 Å². The molecule has 5 nitrogen and oxygen atoms in total. The number of nitrogens with one attached hydrogen (secondary N) is 1. The minimum atomic E-state index is -0.505. The Morgan fingerprint density at radius 2 is 2.15 bits per heavy atom. The van der Waals surface area contributed by atoms with E-state index < -0.39 is 11.7 Å².